The second-order valence-corrected chi connectivity index (χ2v) is 6.39. The van der Waals surface area contributed by atoms with Crippen molar-refractivity contribution in [1.82, 2.24) is 5.32 Å². The largest absolute Gasteiger partial charge is 0.310 e. The summed E-state index contributed by atoms with van der Waals surface area (Å²) in [5, 5.41) is 3.64. The van der Waals surface area contributed by atoms with Crippen molar-refractivity contribution in [1.29, 1.82) is 0 Å². The Morgan fingerprint density at radius 2 is 1.89 bits per heavy atom. The van der Waals surface area contributed by atoms with E-state index in [-0.39, 0.29) is 0 Å². The maximum Gasteiger partial charge on any atom is 0.0320 e. The highest BCUT2D eigenvalue weighted by Crippen LogP contribution is 2.36. The zero-order valence-electron chi connectivity index (χ0n) is 11.7. The molecular formula is C16H24BrN. The first kappa shape index (κ1) is 14.1. The molecule has 0 heterocycles. The highest BCUT2D eigenvalue weighted by molar-refractivity contribution is 9.10. The van der Waals surface area contributed by atoms with Gasteiger partial charge >= 0.3 is 0 Å². The van der Waals surface area contributed by atoms with E-state index in [0.717, 1.165) is 12.5 Å². The van der Waals surface area contributed by atoms with E-state index in [4.69, 9.17) is 0 Å². The van der Waals surface area contributed by atoms with E-state index in [2.05, 4.69) is 54.2 Å². The predicted octanol–water partition coefficient (Wildman–Crippen LogP) is 4.91. The number of rotatable bonds is 6. The van der Waals surface area contributed by atoms with Crippen molar-refractivity contribution in [2.75, 3.05) is 6.54 Å². The summed E-state index contributed by atoms with van der Waals surface area (Å²) >= 11 is 3.65. The Bertz CT molecular complexity index is 387. The van der Waals surface area contributed by atoms with Crippen LogP contribution in [0.4, 0.5) is 0 Å². The molecule has 18 heavy (non-hydrogen) atoms. The smallest absolute Gasteiger partial charge is 0.0320 e. The minimum absolute atomic E-state index is 0.529. The molecule has 1 fully saturated rings. The monoisotopic (exact) mass is 309 g/mol. The van der Waals surface area contributed by atoms with Crippen molar-refractivity contribution in [3.8, 4) is 0 Å². The Kier molecular flexibility index (Phi) is 4.85. The van der Waals surface area contributed by atoms with Crippen molar-refractivity contribution in [3.63, 3.8) is 0 Å². The highest BCUT2D eigenvalue weighted by Gasteiger charge is 2.23. The van der Waals surface area contributed by atoms with E-state index in [1.165, 1.54) is 46.8 Å². The third-order valence-electron chi connectivity index (χ3n) is 3.87. The maximum atomic E-state index is 3.65. The Morgan fingerprint density at radius 1 is 1.28 bits per heavy atom. The summed E-state index contributed by atoms with van der Waals surface area (Å²) < 4.78 is 1.25. The van der Waals surface area contributed by atoms with Gasteiger partial charge in [-0.2, -0.15) is 0 Å². The number of hydrogen-bond donors (Lipinski definition) is 1. The van der Waals surface area contributed by atoms with Crippen LogP contribution in [0.1, 0.15) is 55.3 Å². The van der Waals surface area contributed by atoms with Gasteiger partial charge in [0.15, 0.2) is 0 Å². The zero-order chi connectivity index (χ0) is 13.1. The number of benzene rings is 1. The Morgan fingerprint density at radius 3 is 2.39 bits per heavy atom. The summed E-state index contributed by atoms with van der Waals surface area (Å²) in [5.41, 5.74) is 4.15. The predicted molar refractivity (Wildman–Crippen MR) is 82.0 cm³/mol. The van der Waals surface area contributed by atoms with Crippen molar-refractivity contribution in [2.24, 2.45) is 5.92 Å². The van der Waals surface area contributed by atoms with Crippen LogP contribution in [0.5, 0.6) is 0 Å². The molecule has 0 bridgehead atoms. The van der Waals surface area contributed by atoms with Gasteiger partial charge in [0.2, 0.25) is 0 Å². The lowest BCUT2D eigenvalue weighted by molar-refractivity contribution is 0.481. The van der Waals surface area contributed by atoms with Crippen LogP contribution in [-0.2, 0) is 0 Å². The Hall–Kier alpha value is -0.340. The minimum atomic E-state index is 0.529. The van der Waals surface area contributed by atoms with Crippen LogP contribution in [0.25, 0.3) is 0 Å². The molecule has 1 aromatic rings. The summed E-state index contributed by atoms with van der Waals surface area (Å²) in [6.45, 7) is 7.61. The van der Waals surface area contributed by atoms with Crippen LogP contribution in [-0.4, -0.2) is 6.54 Å². The van der Waals surface area contributed by atoms with Crippen molar-refractivity contribution in [2.45, 2.75) is 52.5 Å². The quantitative estimate of drug-likeness (QED) is 0.787. The van der Waals surface area contributed by atoms with Crippen LogP contribution < -0.4 is 5.32 Å². The third-order valence-corrected chi connectivity index (χ3v) is 5.12. The molecule has 0 spiro atoms. The van der Waals surface area contributed by atoms with Gasteiger partial charge in [0, 0.05) is 10.5 Å². The minimum Gasteiger partial charge on any atom is -0.310 e. The van der Waals surface area contributed by atoms with Crippen LogP contribution in [0.15, 0.2) is 16.6 Å². The van der Waals surface area contributed by atoms with Crippen LogP contribution in [0.2, 0.25) is 0 Å². The Labute approximate surface area is 119 Å². The fourth-order valence-electron chi connectivity index (χ4n) is 2.62. The molecule has 1 atom stereocenters. The van der Waals surface area contributed by atoms with Gasteiger partial charge in [0.05, 0.1) is 0 Å². The van der Waals surface area contributed by atoms with E-state index in [1.807, 2.05) is 0 Å². The first-order valence-electron chi connectivity index (χ1n) is 7.11. The van der Waals surface area contributed by atoms with Gasteiger partial charge in [-0.25, -0.2) is 0 Å². The second kappa shape index (κ2) is 6.21. The first-order valence-corrected chi connectivity index (χ1v) is 7.91. The molecule has 0 amide bonds. The molecule has 1 N–H and O–H groups in total. The summed E-state index contributed by atoms with van der Waals surface area (Å²) in [6.07, 6.45) is 5.57. The summed E-state index contributed by atoms with van der Waals surface area (Å²) in [7, 11) is 0. The fraction of sp³-hybridized carbons (Fsp3) is 0.625. The lowest BCUT2D eigenvalue weighted by Crippen LogP contribution is -2.21. The number of halogens is 1. The average Bonchev–Trinajstić information content (AvgIpc) is 3.15. The SMILES string of the molecule is CCNC(CCC1CC1)c1cc(C)c(Br)c(C)c1. The number of nitrogens with one attached hydrogen (secondary N) is 1. The number of aryl methyl sites for hydroxylation is 2. The van der Waals surface area contributed by atoms with E-state index >= 15 is 0 Å². The molecule has 2 heteroatoms. The van der Waals surface area contributed by atoms with E-state index in [1.54, 1.807) is 0 Å². The molecule has 0 aromatic heterocycles. The van der Waals surface area contributed by atoms with Gasteiger partial charge in [-0.3, -0.25) is 0 Å². The molecule has 0 aliphatic heterocycles. The van der Waals surface area contributed by atoms with Gasteiger partial charge in [-0.05, 0) is 55.8 Å². The topological polar surface area (TPSA) is 12.0 Å². The standard InChI is InChI=1S/C16H24BrN/c1-4-18-15(8-7-13-5-6-13)14-9-11(2)16(17)12(3)10-14/h9-10,13,15,18H,4-8H2,1-3H3. The third kappa shape index (κ3) is 3.58. The zero-order valence-corrected chi connectivity index (χ0v) is 13.3. The van der Waals surface area contributed by atoms with Gasteiger partial charge < -0.3 is 5.32 Å². The number of hydrogen-bond acceptors (Lipinski definition) is 1. The van der Waals surface area contributed by atoms with E-state index < -0.39 is 0 Å². The van der Waals surface area contributed by atoms with Crippen molar-refractivity contribution in [3.05, 3.63) is 33.3 Å². The molecule has 1 aliphatic carbocycles. The lowest BCUT2D eigenvalue weighted by atomic mass is 9.97. The fourth-order valence-corrected chi connectivity index (χ4v) is 2.85. The van der Waals surface area contributed by atoms with Crippen LogP contribution in [0.3, 0.4) is 0 Å². The van der Waals surface area contributed by atoms with E-state index in [0.29, 0.717) is 6.04 Å². The lowest BCUT2D eigenvalue weighted by Gasteiger charge is -2.20. The van der Waals surface area contributed by atoms with Gasteiger partial charge in [-0.1, -0.05) is 47.8 Å². The van der Waals surface area contributed by atoms with Gasteiger partial charge in [0.25, 0.3) is 0 Å². The second-order valence-electron chi connectivity index (χ2n) is 5.60. The molecule has 1 nitrogen and oxygen atoms in total. The normalized spacial score (nSPS) is 16.9. The highest BCUT2D eigenvalue weighted by atomic mass is 79.9. The Balaban J connectivity index is 2.12. The summed E-state index contributed by atoms with van der Waals surface area (Å²) in [4.78, 5) is 0. The maximum absolute atomic E-state index is 3.65. The van der Waals surface area contributed by atoms with Gasteiger partial charge in [-0.15, -0.1) is 0 Å². The average molecular weight is 310 g/mol. The van der Waals surface area contributed by atoms with E-state index in [9.17, 15) is 0 Å². The molecule has 1 saturated carbocycles. The molecule has 0 radical (unpaired) electrons. The molecule has 1 aliphatic rings. The molecular weight excluding hydrogens is 286 g/mol. The summed E-state index contributed by atoms with van der Waals surface area (Å²) in [5.74, 6) is 1.02. The van der Waals surface area contributed by atoms with Crippen LogP contribution >= 0.6 is 15.9 Å². The van der Waals surface area contributed by atoms with Gasteiger partial charge in [0.1, 0.15) is 0 Å². The molecule has 2 rings (SSSR count). The van der Waals surface area contributed by atoms with Crippen molar-refractivity contribution >= 4 is 15.9 Å². The summed E-state index contributed by atoms with van der Waals surface area (Å²) in [6, 6.07) is 5.19. The molecule has 1 aromatic carbocycles. The molecule has 0 saturated heterocycles. The first-order chi connectivity index (χ1) is 8.61. The molecule has 1 unspecified atom stereocenters. The van der Waals surface area contributed by atoms with Crippen molar-refractivity contribution < 1.29 is 0 Å². The van der Waals surface area contributed by atoms with Crippen LogP contribution in [0, 0.1) is 19.8 Å². The molecule has 100 valence electrons.